The first kappa shape index (κ1) is 19.2. The molecule has 0 aliphatic carbocycles. The van der Waals surface area contributed by atoms with Crippen LogP contribution in [0.1, 0.15) is 42.1 Å². The molecule has 1 aliphatic heterocycles. The van der Waals surface area contributed by atoms with E-state index in [2.05, 4.69) is 49.8 Å². The van der Waals surface area contributed by atoms with Crippen LogP contribution in [-0.2, 0) is 22.6 Å². The largest absolute Gasteiger partial charge is 0.358 e. The lowest BCUT2D eigenvalue weighted by molar-refractivity contribution is -0.137. The van der Waals surface area contributed by atoms with Gasteiger partial charge in [0.2, 0.25) is 11.8 Å². The van der Waals surface area contributed by atoms with Crippen LogP contribution >= 0.6 is 0 Å². The number of fused-ring (bicyclic) bond motifs is 1. The van der Waals surface area contributed by atoms with Crippen LogP contribution in [0.15, 0.2) is 24.8 Å². The number of nitrogens with zero attached hydrogens (tertiary/aromatic N) is 1. The predicted molar refractivity (Wildman–Crippen MR) is 108 cm³/mol. The van der Waals surface area contributed by atoms with E-state index in [9.17, 15) is 9.59 Å². The molecule has 5 nitrogen and oxygen atoms in total. The topological polar surface area (TPSA) is 65.2 Å². The van der Waals surface area contributed by atoms with Crippen LogP contribution in [-0.4, -0.2) is 34.8 Å². The number of piperidine rings is 1. The van der Waals surface area contributed by atoms with Crippen molar-refractivity contribution in [2.24, 2.45) is 5.92 Å². The third-order valence-corrected chi connectivity index (χ3v) is 5.52. The van der Waals surface area contributed by atoms with Gasteiger partial charge >= 0.3 is 0 Å². The molecule has 0 radical (unpaired) electrons. The van der Waals surface area contributed by atoms with E-state index >= 15 is 0 Å². The SMILES string of the molecule is C=CCN1C[C@@H](C(=O)NCc2cc(C)cc3c(C)c(CC)[nH]c23)CCC1=O. The predicted octanol–water partition coefficient (Wildman–Crippen LogP) is 3.39. The number of nitrogens with one attached hydrogen (secondary N) is 2. The number of amides is 2. The Bertz CT molecular complexity index is 881. The summed E-state index contributed by atoms with van der Waals surface area (Å²) in [4.78, 5) is 29.9. The van der Waals surface area contributed by atoms with Crippen molar-refractivity contribution >= 4 is 22.7 Å². The zero-order valence-electron chi connectivity index (χ0n) is 16.5. The minimum atomic E-state index is -0.153. The first-order chi connectivity index (χ1) is 12.9. The molecule has 2 aromatic rings. The monoisotopic (exact) mass is 367 g/mol. The zero-order valence-corrected chi connectivity index (χ0v) is 16.5. The van der Waals surface area contributed by atoms with Gasteiger partial charge in [0.05, 0.1) is 11.4 Å². The standard InChI is InChI=1S/C22H29N3O2/c1-5-9-25-13-16(7-8-20(25)26)22(27)23-12-17-10-14(3)11-18-15(4)19(6-2)24-21(17)18/h5,10-11,16,24H,1,6-9,12-13H2,2-4H3,(H,23,27)/t16-/m0/s1. The number of aryl methyl sites for hydroxylation is 3. The number of hydrogen-bond donors (Lipinski definition) is 2. The van der Waals surface area contributed by atoms with Crippen LogP contribution in [0.4, 0.5) is 0 Å². The number of likely N-dealkylation sites (tertiary alicyclic amines) is 1. The molecule has 5 heteroatoms. The third kappa shape index (κ3) is 3.92. The maximum absolute atomic E-state index is 12.7. The second-order valence-electron chi connectivity index (χ2n) is 7.47. The highest BCUT2D eigenvalue weighted by Crippen LogP contribution is 2.27. The minimum absolute atomic E-state index is 0.0187. The Morgan fingerprint density at radius 3 is 2.89 bits per heavy atom. The molecular weight excluding hydrogens is 338 g/mol. The highest BCUT2D eigenvalue weighted by atomic mass is 16.2. The van der Waals surface area contributed by atoms with E-state index in [1.54, 1.807) is 11.0 Å². The molecule has 144 valence electrons. The van der Waals surface area contributed by atoms with Crippen molar-refractivity contribution in [3.8, 4) is 0 Å². The first-order valence-electron chi connectivity index (χ1n) is 9.71. The Hall–Kier alpha value is -2.56. The molecule has 1 aliphatic rings. The molecule has 3 rings (SSSR count). The van der Waals surface area contributed by atoms with Gasteiger partial charge < -0.3 is 15.2 Å². The molecule has 0 unspecified atom stereocenters. The van der Waals surface area contributed by atoms with Crippen LogP contribution in [0.25, 0.3) is 10.9 Å². The number of hydrogen-bond acceptors (Lipinski definition) is 2. The fraction of sp³-hybridized carbons (Fsp3) is 0.455. The molecule has 0 spiro atoms. The Labute approximate surface area is 160 Å². The average molecular weight is 367 g/mol. The molecule has 2 amide bonds. The van der Waals surface area contributed by atoms with Gasteiger partial charge in [0.15, 0.2) is 0 Å². The van der Waals surface area contributed by atoms with Crippen molar-refractivity contribution in [3.05, 3.63) is 47.2 Å². The van der Waals surface area contributed by atoms with Gasteiger partial charge in [-0.3, -0.25) is 9.59 Å². The Kier molecular flexibility index (Phi) is 5.68. The van der Waals surface area contributed by atoms with E-state index < -0.39 is 0 Å². The van der Waals surface area contributed by atoms with Crippen molar-refractivity contribution in [2.45, 2.75) is 46.6 Å². The summed E-state index contributed by atoms with van der Waals surface area (Å²) in [6, 6.07) is 4.33. The lowest BCUT2D eigenvalue weighted by atomic mass is 9.96. The van der Waals surface area contributed by atoms with Crippen molar-refractivity contribution in [3.63, 3.8) is 0 Å². The van der Waals surface area contributed by atoms with Gasteiger partial charge in [0.1, 0.15) is 0 Å². The minimum Gasteiger partial charge on any atom is -0.358 e. The fourth-order valence-corrected chi connectivity index (χ4v) is 3.99. The molecule has 0 bridgehead atoms. The first-order valence-corrected chi connectivity index (χ1v) is 9.71. The summed E-state index contributed by atoms with van der Waals surface area (Å²) in [6.45, 7) is 11.5. The number of H-pyrrole nitrogens is 1. The zero-order chi connectivity index (χ0) is 19.6. The number of rotatable bonds is 6. The smallest absolute Gasteiger partial charge is 0.225 e. The molecule has 0 saturated carbocycles. The van der Waals surface area contributed by atoms with E-state index in [1.165, 1.54) is 22.2 Å². The quantitative estimate of drug-likeness (QED) is 0.769. The highest BCUT2D eigenvalue weighted by molar-refractivity contribution is 5.89. The molecule has 1 aromatic heterocycles. The number of carbonyl (C=O) groups excluding carboxylic acids is 2. The summed E-state index contributed by atoms with van der Waals surface area (Å²) in [6.07, 6.45) is 3.71. The molecule has 27 heavy (non-hydrogen) atoms. The van der Waals surface area contributed by atoms with Crippen LogP contribution in [0, 0.1) is 19.8 Å². The van der Waals surface area contributed by atoms with Gasteiger partial charge in [-0.15, -0.1) is 6.58 Å². The molecule has 1 fully saturated rings. The second kappa shape index (κ2) is 7.99. The summed E-state index contributed by atoms with van der Waals surface area (Å²) >= 11 is 0. The van der Waals surface area contributed by atoms with Gasteiger partial charge in [-0.05, 0) is 43.9 Å². The number of benzene rings is 1. The third-order valence-electron chi connectivity index (χ3n) is 5.52. The van der Waals surface area contributed by atoms with Gasteiger partial charge in [0.25, 0.3) is 0 Å². The lowest BCUT2D eigenvalue weighted by Crippen LogP contribution is -2.45. The maximum atomic E-state index is 12.7. The number of aromatic nitrogens is 1. The lowest BCUT2D eigenvalue weighted by Gasteiger charge is -2.31. The van der Waals surface area contributed by atoms with Crippen LogP contribution in [0.2, 0.25) is 0 Å². The van der Waals surface area contributed by atoms with E-state index in [0.717, 1.165) is 17.5 Å². The van der Waals surface area contributed by atoms with Crippen molar-refractivity contribution in [2.75, 3.05) is 13.1 Å². The van der Waals surface area contributed by atoms with Gasteiger partial charge in [0, 0.05) is 37.1 Å². The molecule has 1 saturated heterocycles. The van der Waals surface area contributed by atoms with Crippen molar-refractivity contribution < 1.29 is 9.59 Å². The molecule has 2 N–H and O–H groups in total. The maximum Gasteiger partial charge on any atom is 0.225 e. The number of carbonyl (C=O) groups is 2. The highest BCUT2D eigenvalue weighted by Gasteiger charge is 2.29. The summed E-state index contributed by atoms with van der Waals surface area (Å²) in [5.41, 5.74) is 5.94. The summed E-state index contributed by atoms with van der Waals surface area (Å²) in [5, 5.41) is 4.32. The fourth-order valence-electron chi connectivity index (χ4n) is 3.99. The summed E-state index contributed by atoms with van der Waals surface area (Å²) in [5.74, 6) is -0.0296. The summed E-state index contributed by atoms with van der Waals surface area (Å²) < 4.78 is 0. The van der Waals surface area contributed by atoms with Gasteiger partial charge in [-0.25, -0.2) is 0 Å². The van der Waals surface area contributed by atoms with Gasteiger partial charge in [-0.2, -0.15) is 0 Å². The van der Waals surface area contributed by atoms with Crippen molar-refractivity contribution in [1.82, 2.24) is 15.2 Å². The molecular formula is C22H29N3O2. The Morgan fingerprint density at radius 1 is 1.41 bits per heavy atom. The van der Waals surface area contributed by atoms with Crippen LogP contribution in [0.3, 0.4) is 0 Å². The van der Waals surface area contributed by atoms with E-state index in [1.807, 2.05) is 0 Å². The van der Waals surface area contributed by atoms with E-state index in [0.29, 0.717) is 32.5 Å². The van der Waals surface area contributed by atoms with Gasteiger partial charge in [-0.1, -0.05) is 24.6 Å². The molecule has 1 atom stereocenters. The van der Waals surface area contributed by atoms with Crippen LogP contribution < -0.4 is 5.32 Å². The van der Waals surface area contributed by atoms with E-state index in [-0.39, 0.29) is 17.7 Å². The van der Waals surface area contributed by atoms with E-state index in [4.69, 9.17) is 0 Å². The molecule has 2 heterocycles. The Morgan fingerprint density at radius 2 is 2.19 bits per heavy atom. The number of aromatic amines is 1. The van der Waals surface area contributed by atoms with Crippen LogP contribution in [0.5, 0.6) is 0 Å². The average Bonchev–Trinajstić information content (AvgIpc) is 2.97. The molecule has 1 aromatic carbocycles. The van der Waals surface area contributed by atoms with Crippen molar-refractivity contribution in [1.29, 1.82) is 0 Å². The Balaban J connectivity index is 1.74. The summed E-state index contributed by atoms with van der Waals surface area (Å²) in [7, 11) is 0. The second-order valence-corrected chi connectivity index (χ2v) is 7.47. The normalized spacial score (nSPS) is 17.4.